The zero-order valence-electron chi connectivity index (χ0n) is 17.1. The zero-order valence-corrected chi connectivity index (χ0v) is 20.2. The highest BCUT2D eigenvalue weighted by atomic mass is 127. The third-order valence-corrected chi connectivity index (χ3v) is 6.18. The van der Waals surface area contributed by atoms with Crippen molar-refractivity contribution in [3.63, 3.8) is 0 Å². The number of nitrogens with zero attached hydrogens (tertiary/aromatic N) is 3. The van der Waals surface area contributed by atoms with Crippen LogP contribution < -0.4 is 15.5 Å². The van der Waals surface area contributed by atoms with Crippen LogP contribution >= 0.6 is 35.3 Å². The number of piperidine rings is 1. The molecule has 1 aromatic rings. The van der Waals surface area contributed by atoms with Gasteiger partial charge in [0.2, 0.25) is 0 Å². The molecule has 3 heterocycles. The zero-order chi connectivity index (χ0) is 18.7. The molecule has 0 atom stereocenters. The van der Waals surface area contributed by atoms with Crippen molar-refractivity contribution >= 4 is 46.3 Å². The van der Waals surface area contributed by atoms with Gasteiger partial charge in [0, 0.05) is 45.3 Å². The SMILES string of the molecule is CCNC(=NCCCCN1CCOCC1)NC1CCN(c2cccs2)CC1.I. The minimum atomic E-state index is 0. The molecule has 0 saturated carbocycles. The van der Waals surface area contributed by atoms with Gasteiger partial charge in [0.1, 0.15) is 0 Å². The highest BCUT2D eigenvalue weighted by molar-refractivity contribution is 14.0. The number of hydrogen-bond donors (Lipinski definition) is 2. The van der Waals surface area contributed by atoms with Crippen LogP contribution in [-0.4, -0.2) is 75.9 Å². The van der Waals surface area contributed by atoms with Crippen LogP contribution in [0.5, 0.6) is 0 Å². The molecule has 2 aliphatic rings. The molecular weight excluding hydrogens is 485 g/mol. The topological polar surface area (TPSA) is 52.1 Å². The monoisotopic (exact) mass is 521 g/mol. The Morgan fingerprint density at radius 2 is 2.00 bits per heavy atom. The number of aliphatic imine (C=N–C) groups is 1. The Balaban J connectivity index is 0.00000280. The number of halogens is 1. The van der Waals surface area contributed by atoms with E-state index in [9.17, 15) is 0 Å². The fraction of sp³-hybridized carbons (Fsp3) is 0.750. The maximum absolute atomic E-state index is 5.40. The van der Waals surface area contributed by atoms with E-state index < -0.39 is 0 Å². The molecule has 2 N–H and O–H groups in total. The van der Waals surface area contributed by atoms with Crippen LogP contribution in [0.3, 0.4) is 0 Å². The number of thiophene rings is 1. The van der Waals surface area contributed by atoms with Crippen molar-refractivity contribution in [1.82, 2.24) is 15.5 Å². The first-order chi connectivity index (χ1) is 13.3. The number of guanidine groups is 1. The van der Waals surface area contributed by atoms with Crippen molar-refractivity contribution in [3.05, 3.63) is 17.5 Å². The second-order valence-corrected chi connectivity index (χ2v) is 8.20. The van der Waals surface area contributed by atoms with Gasteiger partial charge in [0.05, 0.1) is 18.2 Å². The molecule has 2 saturated heterocycles. The van der Waals surface area contributed by atoms with E-state index in [4.69, 9.17) is 9.73 Å². The average molecular weight is 522 g/mol. The van der Waals surface area contributed by atoms with Crippen LogP contribution in [0.2, 0.25) is 0 Å². The number of hydrogen-bond acceptors (Lipinski definition) is 5. The summed E-state index contributed by atoms with van der Waals surface area (Å²) >= 11 is 1.84. The molecule has 6 nitrogen and oxygen atoms in total. The molecule has 28 heavy (non-hydrogen) atoms. The van der Waals surface area contributed by atoms with Gasteiger partial charge >= 0.3 is 0 Å². The molecule has 0 aliphatic carbocycles. The summed E-state index contributed by atoms with van der Waals surface area (Å²) in [6.45, 7) is 11.3. The molecule has 160 valence electrons. The Hall–Kier alpha value is -0.580. The fourth-order valence-corrected chi connectivity index (χ4v) is 4.46. The lowest BCUT2D eigenvalue weighted by Crippen LogP contribution is -2.48. The fourth-order valence-electron chi connectivity index (χ4n) is 3.67. The molecule has 2 fully saturated rings. The first kappa shape index (κ1) is 23.7. The van der Waals surface area contributed by atoms with Crippen LogP contribution in [0, 0.1) is 0 Å². The van der Waals surface area contributed by atoms with Gasteiger partial charge in [-0.3, -0.25) is 9.89 Å². The summed E-state index contributed by atoms with van der Waals surface area (Å²) in [5, 5.41) is 10.6. The van der Waals surface area contributed by atoms with Crippen molar-refractivity contribution in [2.24, 2.45) is 4.99 Å². The Morgan fingerprint density at radius 3 is 2.68 bits per heavy atom. The standard InChI is InChI=1S/C20H35N5OS.HI/c1-2-21-20(22-9-3-4-10-24-13-15-26-16-14-24)23-18-7-11-25(12-8-18)19-6-5-17-27-19;/h5-6,17-18H,2-4,7-16H2,1H3,(H2,21,22,23);1H. The van der Waals surface area contributed by atoms with Crippen molar-refractivity contribution in [1.29, 1.82) is 0 Å². The molecule has 0 amide bonds. The summed E-state index contributed by atoms with van der Waals surface area (Å²) in [7, 11) is 0. The summed E-state index contributed by atoms with van der Waals surface area (Å²) in [5.41, 5.74) is 0. The third-order valence-electron chi connectivity index (χ3n) is 5.25. The maximum atomic E-state index is 5.40. The van der Waals surface area contributed by atoms with Gasteiger partial charge in [-0.2, -0.15) is 0 Å². The Kier molecular flexibility index (Phi) is 11.5. The van der Waals surface area contributed by atoms with E-state index in [0.29, 0.717) is 6.04 Å². The van der Waals surface area contributed by atoms with Gasteiger partial charge < -0.3 is 20.3 Å². The molecule has 0 bridgehead atoms. The Labute approximate surface area is 191 Å². The van der Waals surface area contributed by atoms with Crippen molar-refractivity contribution in [2.75, 3.05) is 63.9 Å². The summed E-state index contributed by atoms with van der Waals surface area (Å²) in [4.78, 5) is 9.80. The Morgan fingerprint density at radius 1 is 1.21 bits per heavy atom. The number of morpholine rings is 1. The first-order valence-corrected chi connectivity index (χ1v) is 11.4. The molecule has 3 rings (SSSR count). The minimum absolute atomic E-state index is 0. The molecule has 8 heteroatoms. The summed E-state index contributed by atoms with van der Waals surface area (Å²) in [5.74, 6) is 0.985. The number of nitrogens with one attached hydrogen (secondary N) is 2. The summed E-state index contributed by atoms with van der Waals surface area (Å²) < 4.78 is 5.40. The van der Waals surface area contributed by atoms with E-state index in [-0.39, 0.29) is 24.0 Å². The molecule has 0 spiro atoms. The number of anilines is 1. The smallest absolute Gasteiger partial charge is 0.191 e. The Bertz CT molecular complexity index is 543. The second-order valence-electron chi connectivity index (χ2n) is 7.28. The third kappa shape index (κ3) is 8.04. The molecular formula is C20H36IN5OS. The highest BCUT2D eigenvalue weighted by Gasteiger charge is 2.20. The van der Waals surface area contributed by atoms with Gasteiger partial charge in [-0.25, -0.2) is 0 Å². The molecule has 0 aromatic carbocycles. The lowest BCUT2D eigenvalue weighted by atomic mass is 10.1. The lowest BCUT2D eigenvalue weighted by molar-refractivity contribution is 0.0373. The van der Waals surface area contributed by atoms with Crippen LogP contribution in [0.1, 0.15) is 32.6 Å². The van der Waals surface area contributed by atoms with E-state index in [1.54, 1.807) is 0 Å². The summed E-state index contributed by atoms with van der Waals surface area (Å²) in [6, 6.07) is 4.88. The van der Waals surface area contributed by atoms with Gasteiger partial charge in [0.15, 0.2) is 5.96 Å². The van der Waals surface area contributed by atoms with Gasteiger partial charge in [-0.05, 0) is 56.7 Å². The van der Waals surface area contributed by atoms with Crippen molar-refractivity contribution in [3.8, 4) is 0 Å². The van der Waals surface area contributed by atoms with E-state index in [1.807, 2.05) is 11.3 Å². The number of ether oxygens (including phenoxy) is 1. The predicted molar refractivity (Wildman–Crippen MR) is 131 cm³/mol. The molecule has 0 radical (unpaired) electrons. The highest BCUT2D eigenvalue weighted by Crippen LogP contribution is 2.24. The number of unbranched alkanes of at least 4 members (excludes halogenated alkanes) is 1. The largest absolute Gasteiger partial charge is 0.379 e. The quantitative estimate of drug-likeness (QED) is 0.239. The average Bonchev–Trinajstić information content (AvgIpc) is 3.24. The van der Waals surface area contributed by atoms with E-state index in [1.165, 1.54) is 30.8 Å². The van der Waals surface area contributed by atoms with E-state index in [0.717, 1.165) is 64.9 Å². The van der Waals surface area contributed by atoms with Crippen LogP contribution in [0.25, 0.3) is 0 Å². The molecule has 2 aliphatic heterocycles. The van der Waals surface area contributed by atoms with Crippen molar-refractivity contribution < 1.29 is 4.74 Å². The van der Waals surface area contributed by atoms with Crippen LogP contribution in [0.15, 0.2) is 22.5 Å². The van der Waals surface area contributed by atoms with Crippen LogP contribution in [0.4, 0.5) is 5.00 Å². The van der Waals surface area contributed by atoms with Crippen molar-refractivity contribution in [2.45, 2.75) is 38.6 Å². The minimum Gasteiger partial charge on any atom is -0.379 e. The van der Waals surface area contributed by atoms with Gasteiger partial charge in [-0.15, -0.1) is 35.3 Å². The predicted octanol–water partition coefficient (Wildman–Crippen LogP) is 3.00. The second kappa shape index (κ2) is 13.6. The maximum Gasteiger partial charge on any atom is 0.191 e. The molecule has 0 unspecified atom stereocenters. The van der Waals surface area contributed by atoms with E-state index in [2.05, 4.69) is 44.9 Å². The van der Waals surface area contributed by atoms with E-state index >= 15 is 0 Å². The summed E-state index contributed by atoms with van der Waals surface area (Å²) in [6.07, 6.45) is 4.69. The lowest BCUT2D eigenvalue weighted by Gasteiger charge is -2.33. The first-order valence-electron chi connectivity index (χ1n) is 10.5. The van der Waals surface area contributed by atoms with Gasteiger partial charge in [-0.1, -0.05) is 0 Å². The number of rotatable bonds is 8. The normalized spacial score (nSPS) is 19.3. The van der Waals surface area contributed by atoms with Gasteiger partial charge in [0.25, 0.3) is 0 Å². The van der Waals surface area contributed by atoms with Crippen LogP contribution in [-0.2, 0) is 4.74 Å². The molecule has 1 aromatic heterocycles.